The number of rotatable bonds is 7. The Morgan fingerprint density at radius 1 is 1.17 bits per heavy atom. The summed E-state index contributed by atoms with van der Waals surface area (Å²) >= 11 is 0. The normalized spacial score (nSPS) is 11.6. The molecule has 2 N–H and O–H groups in total. The fraction of sp³-hybridized carbons (Fsp3) is 0.278. The summed E-state index contributed by atoms with van der Waals surface area (Å²) in [6.45, 7) is 1.97. The van der Waals surface area contributed by atoms with Gasteiger partial charge in [0, 0.05) is 37.0 Å². The monoisotopic (exact) mass is 329 g/mol. The standard InChI is InChI=1S/C18H20FN3O2/c1-13(12-14-4-2-3-5-16(14)19)18(24)21-11-8-17(23)22-15-6-9-20-10-7-15/h2-7,9-10,13H,8,11-12H2,1H3,(H,21,24)(H,20,22,23). The largest absolute Gasteiger partial charge is 0.355 e. The SMILES string of the molecule is CC(Cc1ccccc1F)C(=O)NCCC(=O)Nc1ccncc1. The molecule has 5 nitrogen and oxygen atoms in total. The third-order valence-electron chi connectivity index (χ3n) is 3.55. The highest BCUT2D eigenvalue weighted by atomic mass is 19.1. The van der Waals surface area contributed by atoms with Crippen LogP contribution in [0.4, 0.5) is 10.1 Å². The van der Waals surface area contributed by atoms with Gasteiger partial charge >= 0.3 is 0 Å². The highest BCUT2D eigenvalue weighted by Crippen LogP contribution is 2.12. The van der Waals surface area contributed by atoms with E-state index in [1.165, 1.54) is 6.07 Å². The molecule has 2 aromatic rings. The summed E-state index contributed by atoms with van der Waals surface area (Å²) in [4.78, 5) is 27.7. The molecule has 24 heavy (non-hydrogen) atoms. The number of nitrogens with one attached hydrogen (secondary N) is 2. The van der Waals surface area contributed by atoms with Gasteiger partial charge in [-0.2, -0.15) is 0 Å². The lowest BCUT2D eigenvalue weighted by atomic mass is 10.00. The summed E-state index contributed by atoms with van der Waals surface area (Å²) in [5.41, 5.74) is 1.17. The zero-order valence-corrected chi connectivity index (χ0v) is 13.5. The van der Waals surface area contributed by atoms with Crippen molar-refractivity contribution in [1.82, 2.24) is 10.3 Å². The van der Waals surface area contributed by atoms with Crippen molar-refractivity contribution < 1.29 is 14.0 Å². The van der Waals surface area contributed by atoms with Crippen LogP contribution in [0.1, 0.15) is 18.9 Å². The van der Waals surface area contributed by atoms with Gasteiger partial charge in [-0.05, 0) is 30.2 Å². The lowest BCUT2D eigenvalue weighted by Crippen LogP contribution is -2.32. The van der Waals surface area contributed by atoms with Crippen LogP contribution in [0.25, 0.3) is 0 Å². The van der Waals surface area contributed by atoms with Gasteiger partial charge in [-0.15, -0.1) is 0 Å². The molecule has 1 atom stereocenters. The molecule has 2 rings (SSSR count). The predicted octanol–water partition coefficient (Wildman–Crippen LogP) is 2.54. The second-order valence-electron chi connectivity index (χ2n) is 5.52. The average Bonchev–Trinajstić information content (AvgIpc) is 2.57. The molecule has 0 aliphatic rings. The van der Waals surface area contributed by atoms with Crippen molar-refractivity contribution in [2.75, 3.05) is 11.9 Å². The van der Waals surface area contributed by atoms with E-state index in [4.69, 9.17) is 0 Å². The molecule has 0 aliphatic heterocycles. The van der Waals surface area contributed by atoms with E-state index < -0.39 is 0 Å². The Kier molecular flexibility index (Phi) is 6.42. The molecule has 0 fully saturated rings. The molecule has 6 heteroatoms. The zero-order valence-electron chi connectivity index (χ0n) is 13.5. The van der Waals surface area contributed by atoms with E-state index in [0.29, 0.717) is 17.7 Å². The van der Waals surface area contributed by atoms with Crippen LogP contribution in [0.5, 0.6) is 0 Å². The maximum Gasteiger partial charge on any atom is 0.226 e. The van der Waals surface area contributed by atoms with Crippen molar-refractivity contribution in [3.63, 3.8) is 0 Å². The van der Waals surface area contributed by atoms with Gasteiger partial charge in [-0.3, -0.25) is 14.6 Å². The molecule has 1 aromatic heterocycles. The first-order valence-corrected chi connectivity index (χ1v) is 7.77. The number of amides is 2. The molecule has 1 heterocycles. The Labute approximate surface area is 140 Å². The number of carbonyl (C=O) groups excluding carboxylic acids is 2. The Morgan fingerprint density at radius 2 is 1.88 bits per heavy atom. The Bertz CT molecular complexity index is 692. The van der Waals surface area contributed by atoms with E-state index in [1.54, 1.807) is 49.6 Å². The fourth-order valence-corrected chi connectivity index (χ4v) is 2.22. The van der Waals surface area contributed by atoms with Gasteiger partial charge in [0.2, 0.25) is 11.8 Å². The maximum absolute atomic E-state index is 13.6. The van der Waals surface area contributed by atoms with Gasteiger partial charge < -0.3 is 10.6 Å². The first kappa shape index (κ1) is 17.6. The molecule has 2 amide bonds. The molecule has 1 aromatic carbocycles. The summed E-state index contributed by atoms with van der Waals surface area (Å²) in [6.07, 6.45) is 3.66. The summed E-state index contributed by atoms with van der Waals surface area (Å²) < 4.78 is 13.6. The van der Waals surface area contributed by atoms with E-state index in [1.807, 2.05) is 0 Å². The highest BCUT2D eigenvalue weighted by molar-refractivity contribution is 5.91. The van der Waals surface area contributed by atoms with Crippen molar-refractivity contribution in [2.24, 2.45) is 5.92 Å². The smallest absolute Gasteiger partial charge is 0.226 e. The Balaban J connectivity index is 1.72. The molecule has 0 saturated carbocycles. The van der Waals surface area contributed by atoms with Crippen molar-refractivity contribution in [3.8, 4) is 0 Å². The molecular weight excluding hydrogens is 309 g/mol. The lowest BCUT2D eigenvalue weighted by molar-refractivity contribution is -0.124. The topological polar surface area (TPSA) is 71.1 Å². The van der Waals surface area contributed by atoms with Crippen LogP contribution in [0.15, 0.2) is 48.8 Å². The molecule has 0 bridgehead atoms. The minimum atomic E-state index is -0.370. The van der Waals surface area contributed by atoms with E-state index in [0.717, 1.165) is 0 Å². The van der Waals surface area contributed by atoms with Crippen molar-refractivity contribution in [3.05, 3.63) is 60.2 Å². The Hall–Kier alpha value is -2.76. The third kappa shape index (κ3) is 5.46. The highest BCUT2D eigenvalue weighted by Gasteiger charge is 2.15. The van der Waals surface area contributed by atoms with Crippen molar-refractivity contribution in [1.29, 1.82) is 0 Å². The number of carbonyl (C=O) groups is 2. The van der Waals surface area contributed by atoms with Gasteiger partial charge in [0.1, 0.15) is 5.82 Å². The summed E-state index contributed by atoms with van der Waals surface area (Å²) in [5.74, 6) is -1.07. The van der Waals surface area contributed by atoms with Gasteiger partial charge in [0.15, 0.2) is 0 Å². The summed E-state index contributed by atoms with van der Waals surface area (Å²) in [5, 5.41) is 5.42. The van der Waals surface area contributed by atoms with Crippen molar-refractivity contribution in [2.45, 2.75) is 19.8 Å². The number of benzene rings is 1. The number of hydrogen-bond donors (Lipinski definition) is 2. The molecule has 1 unspecified atom stereocenters. The molecule has 0 spiro atoms. The fourth-order valence-electron chi connectivity index (χ4n) is 2.22. The number of pyridine rings is 1. The minimum absolute atomic E-state index is 0.167. The van der Waals surface area contributed by atoms with E-state index in [-0.39, 0.29) is 36.5 Å². The summed E-state index contributed by atoms with van der Waals surface area (Å²) in [7, 11) is 0. The quantitative estimate of drug-likeness (QED) is 0.820. The van der Waals surface area contributed by atoms with Gasteiger partial charge in [0.05, 0.1) is 0 Å². The number of aromatic nitrogens is 1. The number of hydrogen-bond acceptors (Lipinski definition) is 3. The summed E-state index contributed by atoms with van der Waals surface area (Å²) in [6, 6.07) is 9.78. The number of anilines is 1. The second-order valence-corrected chi connectivity index (χ2v) is 5.52. The van der Waals surface area contributed by atoms with E-state index in [2.05, 4.69) is 15.6 Å². The lowest BCUT2D eigenvalue weighted by Gasteiger charge is -2.12. The molecule has 126 valence electrons. The molecular formula is C18H20FN3O2. The van der Waals surface area contributed by atoms with Crippen LogP contribution < -0.4 is 10.6 Å². The average molecular weight is 329 g/mol. The Morgan fingerprint density at radius 3 is 2.58 bits per heavy atom. The molecule has 0 radical (unpaired) electrons. The van der Waals surface area contributed by atoms with Crippen LogP contribution in [0.3, 0.4) is 0 Å². The molecule has 0 saturated heterocycles. The third-order valence-corrected chi connectivity index (χ3v) is 3.55. The first-order chi connectivity index (χ1) is 11.6. The van der Waals surface area contributed by atoms with Crippen LogP contribution in [-0.2, 0) is 16.0 Å². The van der Waals surface area contributed by atoms with Crippen LogP contribution in [-0.4, -0.2) is 23.3 Å². The van der Waals surface area contributed by atoms with Crippen LogP contribution in [0.2, 0.25) is 0 Å². The zero-order chi connectivity index (χ0) is 17.4. The predicted molar refractivity (Wildman–Crippen MR) is 89.8 cm³/mol. The van der Waals surface area contributed by atoms with Gasteiger partial charge in [-0.1, -0.05) is 25.1 Å². The number of halogens is 1. The minimum Gasteiger partial charge on any atom is -0.355 e. The van der Waals surface area contributed by atoms with Crippen molar-refractivity contribution >= 4 is 17.5 Å². The van der Waals surface area contributed by atoms with E-state index in [9.17, 15) is 14.0 Å². The van der Waals surface area contributed by atoms with Gasteiger partial charge in [-0.25, -0.2) is 4.39 Å². The van der Waals surface area contributed by atoms with E-state index >= 15 is 0 Å². The number of nitrogens with zero attached hydrogens (tertiary/aromatic N) is 1. The van der Waals surface area contributed by atoms with Crippen LogP contribution >= 0.6 is 0 Å². The first-order valence-electron chi connectivity index (χ1n) is 7.77. The molecule has 0 aliphatic carbocycles. The maximum atomic E-state index is 13.6. The van der Waals surface area contributed by atoms with Gasteiger partial charge in [0.25, 0.3) is 0 Å². The second kappa shape index (κ2) is 8.76. The van der Waals surface area contributed by atoms with Crippen LogP contribution in [0, 0.1) is 11.7 Å².